The monoisotopic (exact) mass is 90.0 g/mol. The van der Waals surface area contributed by atoms with Gasteiger partial charge in [0.05, 0.1) is 0 Å². The molecule has 0 aromatic heterocycles. The largest absolute Gasteiger partial charge is 0.180 e. The summed E-state index contributed by atoms with van der Waals surface area (Å²) in [6.45, 7) is 1.99. The van der Waals surface area contributed by atoms with E-state index in [4.69, 9.17) is 10.8 Å². The average molecular weight is 90.2 g/mol. The Hall–Kier alpha value is -0.230. The fourth-order valence-electron chi connectivity index (χ4n) is 0. The lowest BCUT2D eigenvalue weighted by atomic mass is 11.0. The first-order valence-corrected chi connectivity index (χ1v) is 1.86. The minimum absolute atomic E-state index is 0.944. The first-order valence-electron chi connectivity index (χ1n) is 1.22. The number of hydrogen-bond donors (Lipinski definition) is 1. The highest BCUT2D eigenvalue weighted by Gasteiger charge is 1.35. The van der Waals surface area contributed by atoms with Gasteiger partial charge in [0.25, 0.3) is 0 Å². The molecule has 0 rings (SSSR count). The average Bonchev–Trinajstić information content (AvgIpc) is 1.46. The first-order chi connectivity index (χ1) is 2.41. The van der Waals surface area contributed by atoms with Crippen LogP contribution in [-0.4, -0.2) is 5.75 Å². The molecule has 0 N–H and O–H groups in total. The van der Waals surface area contributed by atoms with Crippen LogP contribution in [0.4, 0.5) is 0 Å². The fraction of sp³-hybridized carbons (Fsp3) is 1.00. The Bertz CT molecular complexity index is 18.9. The molecule has 0 radical (unpaired) electrons. The van der Waals surface area contributed by atoms with Crippen molar-refractivity contribution in [2.24, 2.45) is 0 Å². The van der Waals surface area contributed by atoms with Crippen molar-refractivity contribution >= 4 is 12.6 Å². The SMILES string of the molecule is CCS.N#N. The Morgan fingerprint density at radius 3 is 1.60 bits per heavy atom. The normalized spacial score (nSPS) is 4.00. The molecule has 3 heteroatoms. The summed E-state index contributed by atoms with van der Waals surface area (Å²) in [5.74, 6) is 0.944. The Morgan fingerprint density at radius 1 is 1.60 bits per heavy atom. The molecule has 0 aliphatic heterocycles. The van der Waals surface area contributed by atoms with Gasteiger partial charge in [-0.25, -0.2) is 0 Å². The molecule has 0 aliphatic rings. The van der Waals surface area contributed by atoms with E-state index in [1.807, 2.05) is 6.92 Å². The highest BCUT2D eigenvalue weighted by Crippen LogP contribution is 1.58. The number of hydrogen-bond acceptors (Lipinski definition) is 3. The zero-order valence-electron chi connectivity index (χ0n) is 3.05. The number of thiol groups is 1. The number of nitrogens with zero attached hydrogens (tertiary/aromatic N) is 2. The van der Waals surface area contributed by atoms with Crippen LogP contribution in [0.1, 0.15) is 6.92 Å². The summed E-state index contributed by atoms with van der Waals surface area (Å²) in [7, 11) is 0. The van der Waals surface area contributed by atoms with E-state index in [1.54, 1.807) is 0 Å². The van der Waals surface area contributed by atoms with Gasteiger partial charge < -0.3 is 0 Å². The molecule has 0 bridgehead atoms. The molecule has 0 heterocycles. The van der Waals surface area contributed by atoms with E-state index >= 15 is 0 Å². The summed E-state index contributed by atoms with van der Waals surface area (Å²) in [5, 5.41) is 12.0. The Balaban J connectivity index is 0. The summed E-state index contributed by atoms with van der Waals surface area (Å²) >= 11 is 3.79. The van der Waals surface area contributed by atoms with Crippen molar-refractivity contribution in [1.29, 1.82) is 10.8 Å². The Labute approximate surface area is 37.0 Å². The zero-order valence-corrected chi connectivity index (χ0v) is 3.94. The number of rotatable bonds is 0. The van der Waals surface area contributed by atoms with Crippen LogP contribution in [0.3, 0.4) is 0 Å². The van der Waals surface area contributed by atoms with Crippen LogP contribution in [0.25, 0.3) is 0 Å². The van der Waals surface area contributed by atoms with Gasteiger partial charge in [-0.05, 0) is 5.75 Å². The standard InChI is InChI=1S/C2H6S.N2/c1-2-3;1-2/h3H,2H2,1H3;. The van der Waals surface area contributed by atoms with Gasteiger partial charge in [0.15, 0.2) is 0 Å². The Kier molecular flexibility index (Phi) is 86.2. The topological polar surface area (TPSA) is 47.6 Å². The van der Waals surface area contributed by atoms with E-state index in [2.05, 4.69) is 12.6 Å². The molecular weight excluding hydrogens is 84.1 g/mol. The maximum atomic E-state index is 6.00. The molecular formula is C2H6N2S. The van der Waals surface area contributed by atoms with Crippen LogP contribution in [0.15, 0.2) is 0 Å². The minimum atomic E-state index is 0.944. The van der Waals surface area contributed by atoms with Gasteiger partial charge >= 0.3 is 0 Å². The predicted octanol–water partition coefficient (Wildman–Crippen LogP) is 0.966. The molecule has 5 heavy (non-hydrogen) atoms. The summed E-state index contributed by atoms with van der Waals surface area (Å²) < 4.78 is 0. The van der Waals surface area contributed by atoms with Crippen molar-refractivity contribution in [3.8, 4) is 0 Å². The van der Waals surface area contributed by atoms with E-state index < -0.39 is 0 Å². The van der Waals surface area contributed by atoms with Crippen LogP contribution < -0.4 is 0 Å². The molecule has 30 valence electrons. The van der Waals surface area contributed by atoms with E-state index in [9.17, 15) is 0 Å². The van der Waals surface area contributed by atoms with Gasteiger partial charge in [0.1, 0.15) is 0 Å². The molecule has 0 saturated carbocycles. The second kappa shape index (κ2) is 48.8. The lowest BCUT2D eigenvalue weighted by Crippen LogP contribution is -1.36. The Morgan fingerprint density at radius 2 is 1.60 bits per heavy atom. The third-order valence-electron chi connectivity index (χ3n) is 0. The second-order valence-corrected chi connectivity index (χ2v) is 0.949. The van der Waals surface area contributed by atoms with E-state index in [1.165, 1.54) is 0 Å². The van der Waals surface area contributed by atoms with Gasteiger partial charge in [-0.2, -0.15) is 12.6 Å². The van der Waals surface area contributed by atoms with Crippen molar-refractivity contribution in [1.82, 2.24) is 0 Å². The molecule has 0 unspecified atom stereocenters. The summed E-state index contributed by atoms with van der Waals surface area (Å²) in [6, 6.07) is 0. The van der Waals surface area contributed by atoms with Gasteiger partial charge in [-0.15, -0.1) is 0 Å². The van der Waals surface area contributed by atoms with Crippen molar-refractivity contribution in [2.75, 3.05) is 5.75 Å². The highest BCUT2D eigenvalue weighted by atomic mass is 32.1. The van der Waals surface area contributed by atoms with E-state index in [0.29, 0.717) is 0 Å². The van der Waals surface area contributed by atoms with Gasteiger partial charge in [-0.3, -0.25) is 0 Å². The van der Waals surface area contributed by atoms with Crippen LogP contribution >= 0.6 is 12.6 Å². The van der Waals surface area contributed by atoms with Crippen molar-refractivity contribution in [2.45, 2.75) is 6.92 Å². The molecule has 0 atom stereocenters. The maximum absolute atomic E-state index is 6.00. The predicted molar refractivity (Wildman–Crippen MR) is 23.0 cm³/mol. The molecule has 0 aliphatic carbocycles. The third-order valence-corrected chi connectivity index (χ3v) is 0. The van der Waals surface area contributed by atoms with Crippen molar-refractivity contribution in [3.63, 3.8) is 0 Å². The van der Waals surface area contributed by atoms with E-state index in [0.717, 1.165) is 5.75 Å². The minimum Gasteiger partial charge on any atom is -0.180 e. The summed E-state index contributed by atoms with van der Waals surface area (Å²) in [6.07, 6.45) is 0. The molecule has 0 spiro atoms. The molecule has 0 amide bonds. The van der Waals surface area contributed by atoms with Crippen molar-refractivity contribution < 1.29 is 0 Å². The smallest absolute Gasteiger partial charge is 0 e. The van der Waals surface area contributed by atoms with Crippen molar-refractivity contribution in [3.05, 3.63) is 0 Å². The van der Waals surface area contributed by atoms with Gasteiger partial charge in [-0.1, -0.05) is 6.92 Å². The molecule has 2 nitrogen and oxygen atoms in total. The lowest BCUT2D eigenvalue weighted by Gasteiger charge is -1.48. The third kappa shape index (κ3) is 223. The van der Waals surface area contributed by atoms with Crippen LogP contribution in [0, 0.1) is 10.8 Å². The molecule has 0 aromatic carbocycles. The lowest BCUT2D eigenvalue weighted by molar-refractivity contribution is 1.15. The highest BCUT2D eigenvalue weighted by molar-refractivity contribution is 7.80. The van der Waals surface area contributed by atoms with Crippen LogP contribution in [-0.2, 0) is 0 Å². The zero-order chi connectivity index (χ0) is 4.71. The fourth-order valence-corrected chi connectivity index (χ4v) is 0. The van der Waals surface area contributed by atoms with E-state index in [-0.39, 0.29) is 0 Å². The van der Waals surface area contributed by atoms with Gasteiger partial charge in [0, 0.05) is 10.8 Å². The second-order valence-electron chi connectivity index (χ2n) is 0.316. The molecule has 0 saturated heterocycles. The maximum Gasteiger partial charge on any atom is 0 e. The van der Waals surface area contributed by atoms with Crippen LogP contribution in [0.5, 0.6) is 0 Å². The van der Waals surface area contributed by atoms with Gasteiger partial charge in [0.2, 0.25) is 0 Å². The molecule has 0 aromatic rings. The summed E-state index contributed by atoms with van der Waals surface area (Å²) in [5.41, 5.74) is 0. The molecule has 0 fully saturated rings. The first kappa shape index (κ1) is 8.84. The quantitative estimate of drug-likeness (QED) is 0.356. The van der Waals surface area contributed by atoms with Crippen LogP contribution in [0.2, 0.25) is 0 Å². The summed E-state index contributed by atoms with van der Waals surface area (Å²) in [4.78, 5) is 0.